The van der Waals surface area contributed by atoms with Crippen molar-refractivity contribution in [3.8, 4) is 23.0 Å². The Morgan fingerprint density at radius 3 is 2.16 bits per heavy atom. The number of hydrogen-bond donors (Lipinski definition) is 1. The van der Waals surface area contributed by atoms with Gasteiger partial charge >= 0.3 is 12.1 Å². The molecule has 45 heavy (non-hydrogen) atoms. The van der Waals surface area contributed by atoms with E-state index in [0.717, 1.165) is 11.1 Å². The van der Waals surface area contributed by atoms with Crippen LogP contribution in [0.1, 0.15) is 31.9 Å². The predicted octanol–water partition coefficient (Wildman–Crippen LogP) is 7.21. The molecule has 0 aliphatic heterocycles. The number of para-hydroxylation sites is 1. The van der Waals surface area contributed by atoms with Crippen LogP contribution in [0.3, 0.4) is 0 Å². The van der Waals surface area contributed by atoms with Crippen LogP contribution in [0.15, 0.2) is 119 Å². The normalized spacial score (nSPS) is 11.8. The predicted molar refractivity (Wildman–Crippen MR) is 169 cm³/mol. The molecule has 0 aliphatic carbocycles. The van der Waals surface area contributed by atoms with E-state index in [0.29, 0.717) is 18.1 Å². The Bertz CT molecular complexity index is 1810. The molecule has 1 unspecified atom stereocenters. The molecule has 1 heterocycles. The van der Waals surface area contributed by atoms with Crippen molar-refractivity contribution >= 4 is 23.0 Å². The first-order valence-corrected chi connectivity index (χ1v) is 14.4. The summed E-state index contributed by atoms with van der Waals surface area (Å²) in [6, 6.07) is 29.2. The molecule has 0 fully saturated rings. The molecule has 0 saturated heterocycles. The van der Waals surface area contributed by atoms with Gasteiger partial charge in [-0.15, -0.1) is 0 Å². The van der Waals surface area contributed by atoms with Gasteiger partial charge in [0.1, 0.15) is 47.3 Å². The first-order valence-electron chi connectivity index (χ1n) is 14.4. The molecule has 1 atom stereocenters. The first-order chi connectivity index (χ1) is 21.6. The molecule has 4 aromatic carbocycles. The van der Waals surface area contributed by atoms with Crippen LogP contribution in [0, 0.1) is 0 Å². The number of ether oxygens (including phenoxy) is 4. The largest absolute Gasteiger partial charge is 0.489 e. The number of nitrogens with one attached hydrogen (secondary N) is 1. The van der Waals surface area contributed by atoms with Gasteiger partial charge in [-0.3, -0.25) is 4.79 Å². The monoisotopic (exact) mass is 607 g/mol. The van der Waals surface area contributed by atoms with Crippen LogP contribution < -0.4 is 25.0 Å². The summed E-state index contributed by atoms with van der Waals surface area (Å²) in [5, 5.41) is 2.87. The number of carbonyl (C=O) groups is 2. The molecule has 0 spiro atoms. The zero-order valence-corrected chi connectivity index (χ0v) is 25.1. The zero-order chi connectivity index (χ0) is 31.8. The summed E-state index contributed by atoms with van der Waals surface area (Å²) in [7, 11) is 0. The van der Waals surface area contributed by atoms with Gasteiger partial charge in [-0.1, -0.05) is 60.7 Å². The van der Waals surface area contributed by atoms with Crippen LogP contribution in [0.4, 0.5) is 4.79 Å². The fraction of sp³-hybridized carbons (Fsp3) is 0.194. The van der Waals surface area contributed by atoms with Crippen molar-refractivity contribution in [3.63, 3.8) is 0 Å². The second-order valence-electron chi connectivity index (χ2n) is 11.2. The molecular weight excluding hydrogens is 574 g/mol. The van der Waals surface area contributed by atoms with Gasteiger partial charge in [0.15, 0.2) is 0 Å². The van der Waals surface area contributed by atoms with Crippen LogP contribution in [0.2, 0.25) is 0 Å². The second-order valence-corrected chi connectivity index (χ2v) is 11.2. The van der Waals surface area contributed by atoms with Gasteiger partial charge in [-0.05, 0) is 68.3 Å². The van der Waals surface area contributed by atoms with Gasteiger partial charge < -0.3 is 28.7 Å². The van der Waals surface area contributed by atoms with Crippen molar-refractivity contribution in [2.75, 3.05) is 0 Å². The number of rotatable bonds is 10. The van der Waals surface area contributed by atoms with Crippen LogP contribution >= 0.6 is 0 Å². The highest BCUT2D eigenvalue weighted by molar-refractivity contribution is 5.85. The van der Waals surface area contributed by atoms with Crippen LogP contribution in [-0.2, 0) is 22.6 Å². The van der Waals surface area contributed by atoms with Gasteiger partial charge in [0.05, 0.1) is 5.39 Å². The lowest BCUT2D eigenvalue weighted by Crippen LogP contribution is -2.46. The van der Waals surface area contributed by atoms with E-state index in [4.69, 9.17) is 23.4 Å². The van der Waals surface area contributed by atoms with E-state index < -0.39 is 23.7 Å². The van der Waals surface area contributed by atoms with Crippen LogP contribution in [0.25, 0.3) is 11.0 Å². The van der Waals surface area contributed by atoms with Gasteiger partial charge in [0.25, 0.3) is 0 Å². The summed E-state index contributed by atoms with van der Waals surface area (Å²) in [5.41, 5.74) is 0.859. The van der Waals surface area contributed by atoms with Crippen molar-refractivity contribution < 1.29 is 33.0 Å². The highest BCUT2D eigenvalue weighted by Gasteiger charge is 2.27. The Morgan fingerprint density at radius 2 is 1.47 bits per heavy atom. The lowest BCUT2D eigenvalue weighted by Gasteiger charge is -2.23. The Balaban J connectivity index is 1.29. The van der Waals surface area contributed by atoms with Crippen molar-refractivity contribution in [3.05, 3.63) is 131 Å². The lowest BCUT2D eigenvalue weighted by atomic mass is 10.1. The summed E-state index contributed by atoms with van der Waals surface area (Å²) in [6.07, 6.45) is 0.575. The molecule has 0 saturated carbocycles. The maximum atomic E-state index is 13.4. The van der Waals surface area contributed by atoms with Crippen molar-refractivity contribution in [2.24, 2.45) is 0 Å². The Hall–Kier alpha value is -5.57. The fourth-order valence-corrected chi connectivity index (χ4v) is 4.37. The van der Waals surface area contributed by atoms with Crippen LogP contribution in [0.5, 0.6) is 23.0 Å². The number of hydrogen-bond acceptors (Lipinski definition) is 8. The first kappa shape index (κ1) is 30.9. The van der Waals surface area contributed by atoms with Crippen molar-refractivity contribution in [2.45, 2.75) is 45.4 Å². The topological polar surface area (TPSA) is 113 Å². The van der Waals surface area contributed by atoms with E-state index in [2.05, 4.69) is 5.32 Å². The highest BCUT2D eigenvalue weighted by Crippen LogP contribution is 2.25. The van der Waals surface area contributed by atoms with E-state index in [1.807, 2.05) is 48.5 Å². The molecule has 9 nitrogen and oxygen atoms in total. The van der Waals surface area contributed by atoms with E-state index in [-0.39, 0.29) is 34.3 Å². The maximum absolute atomic E-state index is 13.4. The standard InChI is InChI=1S/C36H33NO8/c1-36(2,3)45-35(40)37-30(20-24-14-16-26(17-15-24)41-22-25-10-6-4-7-11-25)34(39)44-28-18-19-29-31(21-28)42-23-32(33(29)38)43-27-12-8-5-9-13-27/h4-19,21,23,30H,20,22H2,1-3H3,(H,37,40). The summed E-state index contributed by atoms with van der Waals surface area (Å²) < 4.78 is 28.2. The molecule has 0 bridgehead atoms. The minimum atomic E-state index is -1.08. The Morgan fingerprint density at radius 1 is 0.800 bits per heavy atom. The minimum Gasteiger partial charge on any atom is -0.489 e. The molecule has 1 amide bonds. The average molecular weight is 608 g/mol. The summed E-state index contributed by atoms with van der Waals surface area (Å²) >= 11 is 0. The number of benzene rings is 4. The Kier molecular flexibility index (Phi) is 9.48. The summed E-state index contributed by atoms with van der Waals surface area (Å²) in [5.74, 6) is 0.588. The lowest BCUT2D eigenvalue weighted by molar-refractivity contribution is -0.136. The third kappa shape index (κ3) is 8.73. The minimum absolute atomic E-state index is 0.0246. The molecule has 5 aromatic rings. The maximum Gasteiger partial charge on any atom is 0.408 e. The van der Waals surface area contributed by atoms with Gasteiger partial charge in [0, 0.05) is 12.5 Å². The fourth-order valence-electron chi connectivity index (χ4n) is 4.37. The zero-order valence-electron chi connectivity index (χ0n) is 25.1. The molecule has 5 rings (SSSR count). The molecule has 9 heteroatoms. The molecule has 1 aromatic heterocycles. The average Bonchev–Trinajstić information content (AvgIpc) is 3.02. The summed E-state index contributed by atoms with van der Waals surface area (Å²) in [4.78, 5) is 39.0. The van der Waals surface area contributed by atoms with E-state index in [1.54, 1.807) is 57.2 Å². The number of carbonyl (C=O) groups excluding carboxylic acids is 2. The second kappa shape index (κ2) is 13.8. The molecule has 0 aliphatic rings. The molecule has 0 radical (unpaired) electrons. The highest BCUT2D eigenvalue weighted by atomic mass is 16.6. The number of fused-ring (bicyclic) bond motifs is 1. The SMILES string of the molecule is CC(C)(C)OC(=O)NC(Cc1ccc(OCc2ccccc2)cc1)C(=O)Oc1ccc2c(=O)c(Oc3ccccc3)coc2c1. The van der Waals surface area contributed by atoms with E-state index in [9.17, 15) is 14.4 Å². The van der Waals surface area contributed by atoms with E-state index in [1.165, 1.54) is 24.5 Å². The summed E-state index contributed by atoms with van der Waals surface area (Å²) in [6.45, 7) is 5.61. The third-order valence-corrected chi connectivity index (χ3v) is 6.49. The number of esters is 1. The van der Waals surface area contributed by atoms with Crippen molar-refractivity contribution in [1.29, 1.82) is 0 Å². The molecular formula is C36H33NO8. The molecule has 230 valence electrons. The third-order valence-electron chi connectivity index (χ3n) is 6.49. The quantitative estimate of drug-likeness (QED) is 0.131. The Labute approximate surface area is 260 Å². The van der Waals surface area contributed by atoms with Gasteiger partial charge in [-0.25, -0.2) is 9.59 Å². The number of alkyl carbamates (subject to hydrolysis) is 1. The van der Waals surface area contributed by atoms with Crippen molar-refractivity contribution in [1.82, 2.24) is 5.32 Å². The van der Waals surface area contributed by atoms with Gasteiger partial charge in [-0.2, -0.15) is 0 Å². The van der Waals surface area contributed by atoms with Crippen LogP contribution in [-0.4, -0.2) is 23.7 Å². The smallest absolute Gasteiger partial charge is 0.408 e. The molecule has 1 N–H and O–H groups in total. The van der Waals surface area contributed by atoms with Gasteiger partial charge in [0.2, 0.25) is 11.2 Å². The number of amides is 1. The van der Waals surface area contributed by atoms with E-state index >= 15 is 0 Å².